The summed E-state index contributed by atoms with van der Waals surface area (Å²) in [4.78, 5) is 35.3. The quantitative estimate of drug-likeness (QED) is 0.913. The summed E-state index contributed by atoms with van der Waals surface area (Å²) in [5.74, 6) is -0.432. The van der Waals surface area contributed by atoms with E-state index in [1.165, 1.54) is 6.42 Å². The number of nitrogens with two attached hydrogens (primary N) is 1. The van der Waals surface area contributed by atoms with Gasteiger partial charge in [0, 0.05) is 24.9 Å². The van der Waals surface area contributed by atoms with Crippen molar-refractivity contribution in [3.8, 4) is 0 Å². The molecule has 2 fully saturated rings. The van der Waals surface area contributed by atoms with Crippen LogP contribution in [-0.4, -0.2) is 33.2 Å². The standard InChI is InChI=1S/C16H22N4O2/c17-15(22)16(13-11-18-8-9-19-13)7-4-10-20(16)14(21)12-5-2-1-3-6-12/h8-9,11-12H,1-7,10H2,(H2,17,22)/t16-/m1/s1. The molecule has 1 aromatic rings. The van der Waals surface area contributed by atoms with Gasteiger partial charge in [0.25, 0.3) is 0 Å². The number of aromatic nitrogens is 2. The highest BCUT2D eigenvalue weighted by Crippen LogP contribution is 2.40. The van der Waals surface area contributed by atoms with Gasteiger partial charge in [0.2, 0.25) is 11.8 Å². The van der Waals surface area contributed by atoms with E-state index in [-0.39, 0.29) is 11.8 Å². The van der Waals surface area contributed by atoms with Crippen molar-refractivity contribution in [1.82, 2.24) is 14.9 Å². The Hall–Kier alpha value is -1.98. The second-order valence-electron chi connectivity index (χ2n) is 6.24. The Morgan fingerprint density at radius 2 is 1.95 bits per heavy atom. The lowest BCUT2D eigenvalue weighted by Crippen LogP contribution is -2.55. The van der Waals surface area contributed by atoms with Crippen molar-refractivity contribution in [3.63, 3.8) is 0 Å². The molecule has 0 spiro atoms. The summed E-state index contributed by atoms with van der Waals surface area (Å²) in [5, 5.41) is 0. The van der Waals surface area contributed by atoms with E-state index in [9.17, 15) is 9.59 Å². The zero-order valence-electron chi connectivity index (χ0n) is 12.7. The van der Waals surface area contributed by atoms with E-state index in [1.807, 2.05) is 0 Å². The molecule has 1 aromatic heterocycles. The number of carbonyl (C=O) groups excluding carboxylic acids is 2. The molecule has 6 nitrogen and oxygen atoms in total. The molecule has 6 heteroatoms. The lowest BCUT2D eigenvalue weighted by atomic mass is 9.85. The smallest absolute Gasteiger partial charge is 0.249 e. The zero-order valence-corrected chi connectivity index (χ0v) is 12.7. The summed E-state index contributed by atoms with van der Waals surface area (Å²) in [6.07, 6.45) is 11.1. The Labute approximate surface area is 130 Å². The van der Waals surface area contributed by atoms with Gasteiger partial charge in [-0.3, -0.25) is 19.6 Å². The van der Waals surface area contributed by atoms with Gasteiger partial charge in [-0.25, -0.2) is 0 Å². The fourth-order valence-corrected chi connectivity index (χ4v) is 3.85. The fourth-order valence-electron chi connectivity index (χ4n) is 3.85. The Kier molecular flexibility index (Phi) is 4.09. The molecule has 1 aliphatic carbocycles. The topological polar surface area (TPSA) is 89.2 Å². The lowest BCUT2D eigenvalue weighted by molar-refractivity contribution is -0.148. The number of carbonyl (C=O) groups is 2. The number of hydrogen-bond acceptors (Lipinski definition) is 4. The Morgan fingerprint density at radius 1 is 1.18 bits per heavy atom. The third-order valence-electron chi connectivity index (χ3n) is 5.00. The van der Waals surface area contributed by atoms with Gasteiger partial charge in [0.1, 0.15) is 0 Å². The second-order valence-corrected chi connectivity index (χ2v) is 6.24. The molecule has 2 heterocycles. The highest BCUT2D eigenvalue weighted by atomic mass is 16.2. The lowest BCUT2D eigenvalue weighted by Gasteiger charge is -2.37. The maximum atomic E-state index is 13.0. The van der Waals surface area contributed by atoms with Crippen molar-refractivity contribution >= 4 is 11.8 Å². The van der Waals surface area contributed by atoms with Gasteiger partial charge in [-0.05, 0) is 25.7 Å². The van der Waals surface area contributed by atoms with Crippen molar-refractivity contribution in [2.45, 2.75) is 50.5 Å². The van der Waals surface area contributed by atoms with E-state index in [4.69, 9.17) is 5.73 Å². The van der Waals surface area contributed by atoms with E-state index < -0.39 is 11.4 Å². The first-order valence-electron chi connectivity index (χ1n) is 8.04. The molecule has 3 rings (SSSR count). The second kappa shape index (κ2) is 6.02. The molecule has 0 unspecified atom stereocenters. The molecule has 0 radical (unpaired) electrons. The number of primary amides is 1. The van der Waals surface area contributed by atoms with Crippen molar-refractivity contribution < 1.29 is 9.59 Å². The average molecular weight is 302 g/mol. The average Bonchev–Trinajstić information content (AvgIpc) is 3.02. The van der Waals surface area contributed by atoms with Crippen LogP contribution in [0.1, 0.15) is 50.6 Å². The Morgan fingerprint density at radius 3 is 2.59 bits per heavy atom. The van der Waals surface area contributed by atoms with Crippen molar-refractivity contribution in [2.24, 2.45) is 11.7 Å². The van der Waals surface area contributed by atoms with Crippen LogP contribution in [0.3, 0.4) is 0 Å². The third-order valence-corrected chi connectivity index (χ3v) is 5.00. The molecular formula is C16H22N4O2. The van der Waals surface area contributed by atoms with E-state index in [2.05, 4.69) is 9.97 Å². The van der Waals surface area contributed by atoms with Crippen molar-refractivity contribution in [2.75, 3.05) is 6.54 Å². The molecule has 2 N–H and O–H groups in total. The molecule has 1 aliphatic heterocycles. The summed E-state index contributed by atoms with van der Waals surface area (Å²) in [7, 11) is 0. The van der Waals surface area contributed by atoms with Crippen molar-refractivity contribution in [3.05, 3.63) is 24.3 Å². The van der Waals surface area contributed by atoms with E-state index in [0.717, 1.165) is 32.1 Å². The van der Waals surface area contributed by atoms with Gasteiger partial charge < -0.3 is 10.6 Å². The van der Waals surface area contributed by atoms with Crippen LogP contribution in [0.4, 0.5) is 0 Å². The van der Waals surface area contributed by atoms with E-state index in [1.54, 1.807) is 23.5 Å². The van der Waals surface area contributed by atoms with Crippen LogP contribution in [0.2, 0.25) is 0 Å². The molecule has 1 saturated heterocycles. The monoisotopic (exact) mass is 302 g/mol. The first-order chi connectivity index (χ1) is 10.7. The predicted molar refractivity (Wildman–Crippen MR) is 80.4 cm³/mol. The van der Waals surface area contributed by atoms with Gasteiger partial charge >= 0.3 is 0 Å². The van der Waals surface area contributed by atoms with Crippen LogP contribution in [0.25, 0.3) is 0 Å². The molecule has 22 heavy (non-hydrogen) atoms. The van der Waals surface area contributed by atoms with Gasteiger partial charge in [0.05, 0.1) is 11.9 Å². The highest BCUT2D eigenvalue weighted by molar-refractivity contribution is 5.92. The first kappa shape index (κ1) is 14.9. The van der Waals surface area contributed by atoms with Crippen LogP contribution >= 0.6 is 0 Å². The summed E-state index contributed by atoms with van der Waals surface area (Å²) < 4.78 is 0. The molecule has 0 bridgehead atoms. The summed E-state index contributed by atoms with van der Waals surface area (Å²) in [6, 6.07) is 0. The molecular weight excluding hydrogens is 280 g/mol. The van der Waals surface area contributed by atoms with Crippen molar-refractivity contribution in [1.29, 1.82) is 0 Å². The van der Waals surface area contributed by atoms with Gasteiger partial charge in [-0.2, -0.15) is 0 Å². The van der Waals surface area contributed by atoms with Crippen LogP contribution in [0.5, 0.6) is 0 Å². The molecule has 2 aliphatic rings. The molecule has 0 aromatic carbocycles. The predicted octanol–water partition coefficient (Wildman–Crippen LogP) is 1.36. The summed E-state index contributed by atoms with van der Waals surface area (Å²) in [6.45, 7) is 0.564. The maximum Gasteiger partial charge on any atom is 0.249 e. The van der Waals surface area contributed by atoms with Crippen LogP contribution < -0.4 is 5.73 Å². The Bertz CT molecular complexity index is 557. The minimum absolute atomic E-state index is 0.0160. The molecule has 1 saturated carbocycles. The van der Waals surface area contributed by atoms with Crippen LogP contribution in [0.15, 0.2) is 18.6 Å². The molecule has 1 atom stereocenters. The van der Waals surface area contributed by atoms with Gasteiger partial charge in [-0.15, -0.1) is 0 Å². The number of likely N-dealkylation sites (tertiary alicyclic amines) is 1. The first-order valence-corrected chi connectivity index (χ1v) is 8.04. The molecule has 2 amide bonds. The summed E-state index contributed by atoms with van der Waals surface area (Å²) in [5.41, 5.74) is 5.09. The number of rotatable bonds is 3. The van der Waals surface area contributed by atoms with Gasteiger partial charge in [0.15, 0.2) is 5.54 Å². The minimum Gasteiger partial charge on any atom is -0.367 e. The maximum absolute atomic E-state index is 13.0. The van der Waals surface area contributed by atoms with Crippen LogP contribution in [-0.2, 0) is 15.1 Å². The van der Waals surface area contributed by atoms with Gasteiger partial charge in [-0.1, -0.05) is 19.3 Å². The highest BCUT2D eigenvalue weighted by Gasteiger charge is 2.52. The largest absolute Gasteiger partial charge is 0.367 e. The minimum atomic E-state index is -1.12. The third kappa shape index (κ3) is 2.36. The normalized spacial score (nSPS) is 26.1. The Balaban J connectivity index is 1.95. The number of hydrogen-bond donors (Lipinski definition) is 1. The SMILES string of the molecule is NC(=O)[C@]1(c2cnccn2)CCCN1C(=O)C1CCCCC1. The fraction of sp³-hybridized carbons (Fsp3) is 0.625. The zero-order chi connectivity index (χ0) is 15.6. The summed E-state index contributed by atoms with van der Waals surface area (Å²) >= 11 is 0. The van der Waals surface area contributed by atoms with Crippen LogP contribution in [0, 0.1) is 5.92 Å². The molecule has 118 valence electrons. The van der Waals surface area contributed by atoms with E-state index >= 15 is 0 Å². The van der Waals surface area contributed by atoms with E-state index in [0.29, 0.717) is 18.7 Å². The number of amides is 2. The number of nitrogens with zero attached hydrogens (tertiary/aromatic N) is 3.